The molecule has 2 rings (SSSR count). The molecule has 1 aromatic heterocycles. The van der Waals surface area contributed by atoms with Crippen molar-refractivity contribution in [1.82, 2.24) is 4.90 Å². The van der Waals surface area contributed by atoms with E-state index in [4.69, 9.17) is 0 Å². The van der Waals surface area contributed by atoms with Gasteiger partial charge in [0.05, 0.1) is 0 Å². The van der Waals surface area contributed by atoms with Crippen LogP contribution in [0.25, 0.3) is 0 Å². The molecule has 0 saturated carbocycles. The molecule has 3 heteroatoms. The first kappa shape index (κ1) is 13.3. The summed E-state index contributed by atoms with van der Waals surface area (Å²) in [6.07, 6.45) is 0.699. The second kappa shape index (κ2) is 5.65. The van der Waals surface area contributed by atoms with Crippen LogP contribution in [-0.2, 0) is 5.60 Å². The fourth-order valence-corrected chi connectivity index (χ4v) is 2.90. The van der Waals surface area contributed by atoms with E-state index in [1.165, 1.54) is 0 Å². The van der Waals surface area contributed by atoms with E-state index >= 15 is 0 Å². The zero-order valence-corrected chi connectivity index (χ0v) is 11.7. The molecule has 0 spiro atoms. The minimum absolute atomic E-state index is 0.699. The van der Waals surface area contributed by atoms with Crippen LogP contribution in [0.4, 0.5) is 0 Å². The first-order chi connectivity index (χ1) is 8.63. The van der Waals surface area contributed by atoms with Crippen molar-refractivity contribution in [2.45, 2.75) is 12.0 Å². The second-order valence-electron chi connectivity index (χ2n) is 4.76. The Balaban J connectivity index is 2.34. The Morgan fingerprint density at radius 2 is 1.83 bits per heavy atom. The van der Waals surface area contributed by atoms with E-state index in [-0.39, 0.29) is 0 Å². The average Bonchev–Trinajstić information content (AvgIpc) is 2.91. The van der Waals surface area contributed by atoms with E-state index in [0.717, 1.165) is 17.0 Å². The van der Waals surface area contributed by atoms with Crippen LogP contribution in [0.15, 0.2) is 47.8 Å². The lowest BCUT2D eigenvalue weighted by Gasteiger charge is -2.29. The maximum Gasteiger partial charge on any atom is 0.125 e. The predicted molar refractivity (Wildman–Crippen MR) is 76.9 cm³/mol. The molecular formula is C15H19NOS. The van der Waals surface area contributed by atoms with Crippen LogP contribution in [0.2, 0.25) is 0 Å². The molecule has 0 saturated heterocycles. The molecule has 1 unspecified atom stereocenters. The van der Waals surface area contributed by atoms with Crippen molar-refractivity contribution in [2.75, 3.05) is 20.6 Å². The average molecular weight is 261 g/mol. The van der Waals surface area contributed by atoms with Crippen molar-refractivity contribution in [3.63, 3.8) is 0 Å². The minimum Gasteiger partial charge on any atom is -0.379 e. The van der Waals surface area contributed by atoms with E-state index in [1.807, 2.05) is 61.9 Å². The Morgan fingerprint density at radius 3 is 2.39 bits per heavy atom. The van der Waals surface area contributed by atoms with Gasteiger partial charge in [0.1, 0.15) is 5.60 Å². The highest BCUT2D eigenvalue weighted by Crippen LogP contribution is 2.35. The highest BCUT2D eigenvalue weighted by Gasteiger charge is 2.32. The van der Waals surface area contributed by atoms with Crippen LogP contribution in [0.5, 0.6) is 0 Å². The van der Waals surface area contributed by atoms with Gasteiger partial charge in [0.25, 0.3) is 0 Å². The maximum absolute atomic E-state index is 11.1. The fourth-order valence-electron chi connectivity index (χ4n) is 2.02. The van der Waals surface area contributed by atoms with E-state index in [2.05, 4.69) is 4.90 Å². The van der Waals surface area contributed by atoms with E-state index < -0.39 is 5.60 Å². The predicted octanol–water partition coefficient (Wildman–Crippen LogP) is 2.94. The van der Waals surface area contributed by atoms with Crippen molar-refractivity contribution < 1.29 is 5.11 Å². The standard InChI is InChI=1S/C15H19NOS/c1-16(2)11-10-15(17,14-9-6-12-18-14)13-7-4-3-5-8-13/h3-9,12,17H,10-11H2,1-2H3. The Hall–Kier alpha value is -1.16. The molecule has 2 nitrogen and oxygen atoms in total. The first-order valence-corrected chi connectivity index (χ1v) is 6.97. The lowest BCUT2D eigenvalue weighted by Crippen LogP contribution is -2.30. The van der Waals surface area contributed by atoms with Crippen molar-refractivity contribution in [2.24, 2.45) is 0 Å². The van der Waals surface area contributed by atoms with Gasteiger partial charge in [-0.3, -0.25) is 0 Å². The van der Waals surface area contributed by atoms with Gasteiger partial charge in [-0.25, -0.2) is 0 Å². The number of thiophene rings is 1. The Labute approximate surface area is 113 Å². The summed E-state index contributed by atoms with van der Waals surface area (Å²) in [6, 6.07) is 13.9. The smallest absolute Gasteiger partial charge is 0.125 e. The summed E-state index contributed by atoms with van der Waals surface area (Å²) in [5, 5.41) is 13.1. The van der Waals surface area contributed by atoms with Gasteiger partial charge in [0.15, 0.2) is 0 Å². The molecule has 1 aromatic carbocycles. The lowest BCUT2D eigenvalue weighted by atomic mass is 9.88. The summed E-state index contributed by atoms with van der Waals surface area (Å²) >= 11 is 1.61. The van der Waals surface area contributed by atoms with Crippen molar-refractivity contribution >= 4 is 11.3 Å². The largest absolute Gasteiger partial charge is 0.379 e. The summed E-state index contributed by atoms with van der Waals surface area (Å²) < 4.78 is 0. The molecule has 0 amide bonds. The van der Waals surface area contributed by atoms with Gasteiger partial charge < -0.3 is 10.0 Å². The monoisotopic (exact) mass is 261 g/mol. The summed E-state index contributed by atoms with van der Waals surface area (Å²) in [4.78, 5) is 3.11. The van der Waals surface area contributed by atoms with Crippen LogP contribution in [0.3, 0.4) is 0 Å². The van der Waals surface area contributed by atoms with Gasteiger partial charge in [0, 0.05) is 11.4 Å². The summed E-state index contributed by atoms with van der Waals surface area (Å²) in [5.74, 6) is 0. The van der Waals surface area contributed by atoms with Gasteiger partial charge in [-0.1, -0.05) is 36.4 Å². The lowest BCUT2D eigenvalue weighted by molar-refractivity contribution is 0.0665. The van der Waals surface area contributed by atoms with Crippen LogP contribution in [-0.4, -0.2) is 30.6 Å². The number of hydrogen-bond acceptors (Lipinski definition) is 3. The summed E-state index contributed by atoms with van der Waals surface area (Å²) in [7, 11) is 4.06. The van der Waals surface area contributed by atoms with Gasteiger partial charge in [-0.05, 0) is 37.5 Å². The zero-order chi connectivity index (χ0) is 13.0. The highest BCUT2D eigenvalue weighted by atomic mass is 32.1. The van der Waals surface area contributed by atoms with Gasteiger partial charge >= 0.3 is 0 Å². The number of hydrogen-bond donors (Lipinski definition) is 1. The van der Waals surface area contributed by atoms with Crippen LogP contribution in [0, 0.1) is 0 Å². The van der Waals surface area contributed by atoms with Crippen LogP contribution in [0.1, 0.15) is 16.9 Å². The SMILES string of the molecule is CN(C)CCC(O)(c1ccccc1)c1cccs1. The fraction of sp³-hybridized carbons (Fsp3) is 0.333. The van der Waals surface area contributed by atoms with Gasteiger partial charge in [-0.2, -0.15) is 0 Å². The van der Waals surface area contributed by atoms with Gasteiger partial charge in [-0.15, -0.1) is 11.3 Å². The third-order valence-corrected chi connectivity index (χ3v) is 4.12. The topological polar surface area (TPSA) is 23.5 Å². The Kier molecular flexibility index (Phi) is 4.17. The minimum atomic E-state index is -0.875. The van der Waals surface area contributed by atoms with E-state index in [9.17, 15) is 5.11 Å². The number of benzene rings is 1. The Bertz CT molecular complexity index is 467. The first-order valence-electron chi connectivity index (χ1n) is 6.09. The van der Waals surface area contributed by atoms with E-state index in [1.54, 1.807) is 11.3 Å². The maximum atomic E-state index is 11.1. The summed E-state index contributed by atoms with van der Waals surface area (Å²) in [6.45, 7) is 0.850. The summed E-state index contributed by atoms with van der Waals surface area (Å²) in [5.41, 5.74) is 0.0916. The molecule has 0 aliphatic heterocycles. The van der Waals surface area contributed by atoms with Crippen LogP contribution >= 0.6 is 11.3 Å². The molecule has 0 fully saturated rings. The zero-order valence-electron chi connectivity index (χ0n) is 10.8. The molecule has 1 N–H and O–H groups in total. The Morgan fingerprint density at radius 1 is 1.11 bits per heavy atom. The normalized spacial score (nSPS) is 14.7. The quantitative estimate of drug-likeness (QED) is 0.894. The highest BCUT2D eigenvalue weighted by molar-refractivity contribution is 7.10. The molecule has 1 heterocycles. The number of rotatable bonds is 5. The molecule has 0 aliphatic rings. The van der Waals surface area contributed by atoms with Crippen LogP contribution < -0.4 is 0 Å². The second-order valence-corrected chi connectivity index (χ2v) is 5.70. The third-order valence-electron chi connectivity index (χ3n) is 3.10. The number of aliphatic hydroxyl groups is 1. The third kappa shape index (κ3) is 2.80. The van der Waals surface area contributed by atoms with Crippen molar-refractivity contribution in [3.05, 3.63) is 58.3 Å². The van der Waals surface area contributed by atoms with Crippen molar-refractivity contribution in [3.8, 4) is 0 Å². The molecule has 0 aliphatic carbocycles. The number of nitrogens with zero attached hydrogens (tertiary/aromatic N) is 1. The molecule has 2 aromatic rings. The molecule has 18 heavy (non-hydrogen) atoms. The molecule has 0 radical (unpaired) electrons. The van der Waals surface area contributed by atoms with E-state index in [0.29, 0.717) is 6.42 Å². The molecular weight excluding hydrogens is 242 g/mol. The van der Waals surface area contributed by atoms with Crippen molar-refractivity contribution in [1.29, 1.82) is 0 Å². The molecule has 1 atom stereocenters. The molecule has 0 bridgehead atoms. The molecule has 96 valence electrons. The van der Waals surface area contributed by atoms with Gasteiger partial charge in [0.2, 0.25) is 0 Å².